The van der Waals surface area contributed by atoms with Crippen LogP contribution >= 0.6 is 0 Å². The van der Waals surface area contributed by atoms with Crippen LogP contribution in [0.3, 0.4) is 0 Å². The van der Waals surface area contributed by atoms with Gasteiger partial charge < -0.3 is 15.4 Å². The number of rotatable bonds is 5. The quantitative estimate of drug-likeness (QED) is 0.600. The van der Waals surface area contributed by atoms with E-state index in [9.17, 15) is 18.8 Å². The van der Waals surface area contributed by atoms with E-state index < -0.39 is 29.2 Å². The summed E-state index contributed by atoms with van der Waals surface area (Å²) < 4.78 is 18.8. The van der Waals surface area contributed by atoms with Crippen molar-refractivity contribution in [2.45, 2.75) is 25.5 Å². The van der Waals surface area contributed by atoms with Crippen LogP contribution in [-0.2, 0) is 22.5 Å². The van der Waals surface area contributed by atoms with Crippen LogP contribution in [0, 0.1) is 5.82 Å². The first-order chi connectivity index (χ1) is 15.3. The minimum atomic E-state index is -1.31. The predicted molar refractivity (Wildman–Crippen MR) is 117 cm³/mol. The van der Waals surface area contributed by atoms with Gasteiger partial charge in [-0.25, -0.2) is 9.18 Å². The van der Waals surface area contributed by atoms with Gasteiger partial charge in [0.05, 0.1) is 5.56 Å². The zero-order valence-electron chi connectivity index (χ0n) is 17.4. The average Bonchev–Trinajstić information content (AvgIpc) is 2.77. The molecule has 32 heavy (non-hydrogen) atoms. The average molecular weight is 432 g/mol. The van der Waals surface area contributed by atoms with Crippen LogP contribution in [0.2, 0.25) is 0 Å². The third-order valence-corrected chi connectivity index (χ3v) is 5.29. The molecule has 1 heterocycles. The number of carbonyl (C=O) groups excluding carboxylic acids is 3. The van der Waals surface area contributed by atoms with Crippen LogP contribution in [0.15, 0.2) is 72.8 Å². The van der Waals surface area contributed by atoms with Crippen molar-refractivity contribution >= 4 is 23.5 Å². The summed E-state index contributed by atoms with van der Waals surface area (Å²) in [5.74, 6) is -1.86. The molecule has 0 aliphatic carbocycles. The maximum atomic E-state index is 13.3. The number of carbonyl (C=O) groups is 3. The Hall–Kier alpha value is -4.00. The van der Waals surface area contributed by atoms with Gasteiger partial charge in [-0.2, -0.15) is 0 Å². The fourth-order valence-electron chi connectivity index (χ4n) is 3.62. The molecule has 0 fully saturated rings. The van der Waals surface area contributed by atoms with Crippen molar-refractivity contribution in [3.63, 3.8) is 0 Å². The van der Waals surface area contributed by atoms with Crippen molar-refractivity contribution in [3.05, 3.63) is 101 Å². The summed E-state index contributed by atoms with van der Waals surface area (Å²) in [5, 5.41) is 5.52. The number of esters is 1. The Bertz CT molecular complexity index is 1210. The number of fused-ring (bicyclic) bond motifs is 1. The summed E-state index contributed by atoms with van der Waals surface area (Å²) in [7, 11) is 0. The van der Waals surface area contributed by atoms with Gasteiger partial charge in [0.2, 0.25) is 0 Å². The summed E-state index contributed by atoms with van der Waals surface area (Å²) in [6.45, 7) is 1.77. The van der Waals surface area contributed by atoms with Crippen LogP contribution in [0.1, 0.15) is 38.8 Å². The summed E-state index contributed by atoms with van der Waals surface area (Å²) in [5.41, 5.74) is 1.38. The first-order valence-electron chi connectivity index (χ1n) is 10.1. The summed E-state index contributed by atoms with van der Waals surface area (Å²) in [6.07, 6.45) is 0.282. The molecule has 3 aromatic rings. The Morgan fingerprint density at radius 2 is 1.81 bits per heavy atom. The van der Waals surface area contributed by atoms with Gasteiger partial charge in [-0.1, -0.05) is 36.4 Å². The van der Waals surface area contributed by atoms with Crippen molar-refractivity contribution in [1.29, 1.82) is 0 Å². The SMILES string of the molecule is CC1(C(=O)NCc2cccc(NC(=O)c3cccc(F)c3)c2)Cc2ccccc2C(=O)O1. The van der Waals surface area contributed by atoms with Crippen molar-refractivity contribution in [1.82, 2.24) is 5.32 Å². The van der Waals surface area contributed by atoms with Gasteiger partial charge >= 0.3 is 5.97 Å². The van der Waals surface area contributed by atoms with Crippen molar-refractivity contribution in [3.8, 4) is 0 Å². The number of hydrogen-bond donors (Lipinski definition) is 2. The third kappa shape index (κ3) is 4.51. The second-order valence-electron chi connectivity index (χ2n) is 7.80. The summed E-state index contributed by atoms with van der Waals surface area (Å²) in [6, 6.07) is 19.4. The highest BCUT2D eigenvalue weighted by Crippen LogP contribution is 2.28. The Kier molecular flexibility index (Phi) is 5.73. The number of benzene rings is 3. The van der Waals surface area contributed by atoms with E-state index in [1.54, 1.807) is 43.3 Å². The molecule has 2 N–H and O–H groups in total. The number of amides is 2. The first-order valence-corrected chi connectivity index (χ1v) is 10.1. The highest BCUT2D eigenvalue weighted by molar-refractivity contribution is 6.04. The fraction of sp³-hybridized carbons (Fsp3) is 0.160. The van der Waals surface area contributed by atoms with Gasteiger partial charge in [0.25, 0.3) is 11.8 Å². The molecule has 1 aliphatic rings. The largest absolute Gasteiger partial charge is 0.445 e. The molecular formula is C25H21FN2O4. The lowest BCUT2D eigenvalue weighted by Crippen LogP contribution is -2.51. The molecule has 2 amide bonds. The Morgan fingerprint density at radius 1 is 1.03 bits per heavy atom. The molecule has 0 radical (unpaired) electrons. The zero-order valence-corrected chi connectivity index (χ0v) is 17.4. The molecule has 0 aromatic heterocycles. The first kappa shape index (κ1) is 21.2. The van der Waals surface area contributed by atoms with Gasteiger partial charge in [-0.05, 0) is 54.4 Å². The summed E-state index contributed by atoms with van der Waals surface area (Å²) in [4.78, 5) is 37.5. The molecule has 0 saturated heterocycles. The maximum Gasteiger partial charge on any atom is 0.339 e. The smallest absolute Gasteiger partial charge is 0.339 e. The highest BCUT2D eigenvalue weighted by Gasteiger charge is 2.42. The van der Waals surface area contributed by atoms with E-state index >= 15 is 0 Å². The normalized spacial score (nSPS) is 17.1. The molecule has 4 rings (SSSR count). The van der Waals surface area contributed by atoms with E-state index in [1.165, 1.54) is 18.2 Å². The molecule has 1 aliphatic heterocycles. The molecule has 0 bridgehead atoms. The molecule has 0 spiro atoms. The fourth-order valence-corrected chi connectivity index (χ4v) is 3.62. The second-order valence-corrected chi connectivity index (χ2v) is 7.80. The lowest BCUT2D eigenvalue weighted by atomic mass is 9.89. The molecule has 162 valence electrons. The monoisotopic (exact) mass is 432 g/mol. The van der Waals surface area contributed by atoms with Gasteiger partial charge in [0.15, 0.2) is 5.60 Å². The van der Waals surface area contributed by atoms with Crippen LogP contribution in [0.25, 0.3) is 0 Å². The Balaban J connectivity index is 1.40. The van der Waals surface area contributed by atoms with Crippen LogP contribution in [0.4, 0.5) is 10.1 Å². The standard InChI is InChI=1S/C25H21FN2O4/c1-25(14-18-7-2-3-11-21(18)23(30)32-25)24(31)27-15-16-6-4-10-20(12-16)28-22(29)17-8-5-9-19(26)13-17/h2-13H,14-15H2,1H3,(H,27,31)(H,28,29). The number of anilines is 1. The van der Waals surface area contributed by atoms with E-state index in [4.69, 9.17) is 4.74 Å². The van der Waals surface area contributed by atoms with Gasteiger partial charge in [-0.3, -0.25) is 9.59 Å². The van der Waals surface area contributed by atoms with E-state index in [1.807, 2.05) is 12.1 Å². The molecular weight excluding hydrogens is 411 g/mol. The van der Waals surface area contributed by atoms with E-state index in [2.05, 4.69) is 10.6 Å². The molecule has 0 saturated carbocycles. The van der Waals surface area contributed by atoms with E-state index in [0.717, 1.165) is 17.2 Å². The summed E-state index contributed by atoms with van der Waals surface area (Å²) >= 11 is 0. The number of hydrogen-bond acceptors (Lipinski definition) is 4. The van der Waals surface area contributed by atoms with Crippen LogP contribution in [-0.4, -0.2) is 23.4 Å². The minimum absolute atomic E-state index is 0.178. The zero-order chi connectivity index (χ0) is 22.7. The Labute approximate surface area is 184 Å². The minimum Gasteiger partial charge on any atom is -0.445 e. The van der Waals surface area contributed by atoms with Gasteiger partial charge in [-0.15, -0.1) is 0 Å². The lowest BCUT2D eigenvalue weighted by Gasteiger charge is -2.33. The highest BCUT2D eigenvalue weighted by atomic mass is 19.1. The number of nitrogens with one attached hydrogen (secondary N) is 2. The molecule has 1 unspecified atom stereocenters. The number of halogens is 1. The van der Waals surface area contributed by atoms with E-state index in [-0.39, 0.29) is 18.5 Å². The van der Waals surface area contributed by atoms with Gasteiger partial charge in [0.1, 0.15) is 5.82 Å². The topological polar surface area (TPSA) is 84.5 Å². The number of cyclic esters (lactones) is 1. The number of ether oxygens (including phenoxy) is 1. The molecule has 1 atom stereocenters. The van der Waals surface area contributed by atoms with E-state index in [0.29, 0.717) is 11.3 Å². The molecule has 6 nitrogen and oxygen atoms in total. The second kappa shape index (κ2) is 8.63. The molecule has 7 heteroatoms. The predicted octanol–water partition coefficient (Wildman–Crippen LogP) is 3.87. The Morgan fingerprint density at radius 3 is 2.62 bits per heavy atom. The molecule has 3 aromatic carbocycles. The van der Waals surface area contributed by atoms with Crippen molar-refractivity contribution < 1.29 is 23.5 Å². The lowest BCUT2D eigenvalue weighted by molar-refractivity contribution is -0.139. The van der Waals surface area contributed by atoms with Crippen molar-refractivity contribution in [2.75, 3.05) is 5.32 Å². The maximum absolute atomic E-state index is 13.3. The van der Waals surface area contributed by atoms with Gasteiger partial charge in [0, 0.05) is 24.2 Å². The third-order valence-electron chi connectivity index (χ3n) is 5.29. The van der Waals surface area contributed by atoms with Crippen molar-refractivity contribution in [2.24, 2.45) is 0 Å². The van der Waals surface area contributed by atoms with Crippen LogP contribution < -0.4 is 10.6 Å². The van der Waals surface area contributed by atoms with Crippen LogP contribution in [0.5, 0.6) is 0 Å².